The number of rotatable bonds is 4. The highest BCUT2D eigenvalue weighted by atomic mass is 35.5. The van der Waals surface area contributed by atoms with E-state index < -0.39 is 5.76 Å². The average molecular weight is 329 g/mol. The summed E-state index contributed by atoms with van der Waals surface area (Å²) in [6.45, 7) is 5.84. The minimum Gasteiger partial charge on any atom is -0.232 e. The monoisotopic (exact) mass is 328 g/mol. The Hall–Kier alpha value is -1.20. The van der Waals surface area contributed by atoms with Crippen LogP contribution in [0.3, 0.4) is 0 Å². The van der Waals surface area contributed by atoms with Crippen LogP contribution >= 0.6 is 23.4 Å². The summed E-state index contributed by atoms with van der Waals surface area (Å²) in [5.41, 5.74) is 2.37. The maximum Gasteiger partial charge on any atom is 0.288 e. The maximum atomic E-state index is 12.3. The van der Waals surface area contributed by atoms with Gasteiger partial charge in [-0.2, -0.15) is 8.78 Å². The van der Waals surface area contributed by atoms with Crippen LogP contribution < -0.4 is 0 Å². The molecular weight excluding hydrogens is 314 g/mol. The molecule has 0 fully saturated rings. The van der Waals surface area contributed by atoms with E-state index in [0.29, 0.717) is 27.6 Å². The zero-order valence-electron chi connectivity index (χ0n) is 11.9. The summed E-state index contributed by atoms with van der Waals surface area (Å²) in [5.74, 6) is -1.58. The quantitative estimate of drug-likeness (QED) is 0.544. The summed E-state index contributed by atoms with van der Waals surface area (Å²) in [6.07, 6.45) is 0. The van der Waals surface area contributed by atoms with Gasteiger partial charge in [-0.15, -0.1) is 0 Å². The first-order valence-corrected chi connectivity index (χ1v) is 7.73. The number of benzene rings is 1. The Labute approximate surface area is 132 Å². The number of hydrogen-bond acceptors (Lipinski definition) is 3. The summed E-state index contributed by atoms with van der Waals surface area (Å²) in [7, 11) is 0. The minimum atomic E-state index is -2.42. The molecule has 2 nitrogen and oxygen atoms in total. The summed E-state index contributed by atoms with van der Waals surface area (Å²) in [6, 6.07) is 6.88. The molecule has 0 aliphatic carbocycles. The van der Waals surface area contributed by atoms with Crippen molar-refractivity contribution < 1.29 is 8.78 Å². The van der Waals surface area contributed by atoms with Crippen molar-refractivity contribution in [1.82, 2.24) is 9.97 Å². The van der Waals surface area contributed by atoms with E-state index in [1.54, 1.807) is 24.3 Å². The van der Waals surface area contributed by atoms with Gasteiger partial charge < -0.3 is 0 Å². The number of alkyl halides is 2. The molecule has 1 aromatic carbocycles. The van der Waals surface area contributed by atoms with Crippen LogP contribution in [0.1, 0.15) is 31.2 Å². The molecule has 0 aliphatic heterocycles. The number of aromatic nitrogens is 2. The zero-order chi connectivity index (χ0) is 15.6. The van der Waals surface area contributed by atoms with Crippen LogP contribution in [0.25, 0.3) is 11.3 Å². The van der Waals surface area contributed by atoms with Gasteiger partial charge in [0, 0.05) is 21.9 Å². The Morgan fingerprint density at radius 3 is 2.24 bits per heavy atom. The molecule has 0 bridgehead atoms. The number of thioether (sulfide) groups is 1. The normalized spacial score (nSPS) is 11.4. The van der Waals surface area contributed by atoms with Gasteiger partial charge >= 0.3 is 0 Å². The van der Waals surface area contributed by atoms with Crippen LogP contribution in [0.5, 0.6) is 0 Å². The molecule has 0 aliphatic rings. The highest BCUT2D eigenvalue weighted by Crippen LogP contribution is 2.30. The fourth-order valence-electron chi connectivity index (χ4n) is 1.84. The molecule has 1 aromatic heterocycles. The fourth-order valence-corrected chi connectivity index (χ4v) is 2.51. The predicted octanol–water partition coefficient (Wildman–Crippen LogP) is 5.54. The van der Waals surface area contributed by atoms with E-state index in [4.69, 9.17) is 11.6 Å². The predicted molar refractivity (Wildman–Crippen MR) is 83.2 cm³/mol. The lowest BCUT2D eigenvalue weighted by Gasteiger charge is -2.11. The Morgan fingerprint density at radius 1 is 1.10 bits per heavy atom. The molecule has 0 radical (unpaired) electrons. The maximum absolute atomic E-state index is 12.3. The zero-order valence-corrected chi connectivity index (χ0v) is 13.5. The number of halogens is 3. The third-order valence-electron chi connectivity index (χ3n) is 2.97. The molecule has 0 N–H and O–H groups in total. The molecule has 21 heavy (non-hydrogen) atoms. The topological polar surface area (TPSA) is 25.8 Å². The van der Waals surface area contributed by atoms with Crippen LogP contribution in [-0.2, 0) is 0 Å². The third-order valence-corrected chi connectivity index (χ3v) is 4.06. The van der Waals surface area contributed by atoms with Crippen molar-refractivity contribution >= 4 is 23.4 Å². The van der Waals surface area contributed by atoms with E-state index in [1.165, 1.54) is 0 Å². The second-order valence-electron chi connectivity index (χ2n) is 4.90. The largest absolute Gasteiger partial charge is 0.288 e. The second-order valence-corrected chi connectivity index (χ2v) is 6.33. The van der Waals surface area contributed by atoms with E-state index in [2.05, 4.69) is 9.97 Å². The molecule has 0 spiro atoms. The van der Waals surface area contributed by atoms with E-state index in [-0.39, 0.29) is 5.92 Å². The highest BCUT2D eigenvalue weighted by Gasteiger charge is 2.14. The lowest BCUT2D eigenvalue weighted by molar-refractivity contribution is 0.252. The van der Waals surface area contributed by atoms with E-state index in [1.807, 2.05) is 20.8 Å². The van der Waals surface area contributed by atoms with E-state index in [9.17, 15) is 8.78 Å². The highest BCUT2D eigenvalue weighted by molar-refractivity contribution is 7.99. The van der Waals surface area contributed by atoms with Crippen molar-refractivity contribution in [3.63, 3.8) is 0 Å². The lowest BCUT2D eigenvalue weighted by atomic mass is 10.1. The summed E-state index contributed by atoms with van der Waals surface area (Å²) in [4.78, 5) is 9.33. The molecule has 2 aromatic rings. The van der Waals surface area contributed by atoms with Gasteiger partial charge in [-0.25, -0.2) is 9.97 Å². The first-order valence-electron chi connectivity index (χ1n) is 6.47. The summed E-state index contributed by atoms with van der Waals surface area (Å²) < 4.78 is 24.7. The molecule has 0 atom stereocenters. The summed E-state index contributed by atoms with van der Waals surface area (Å²) >= 11 is 6.68. The van der Waals surface area contributed by atoms with Gasteiger partial charge in [0.2, 0.25) is 0 Å². The van der Waals surface area contributed by atoms with Crippen molar-refractivity contribution in [3.05, 3.63) is 40.8 Å². The van der Waals surface area contributed by atoms with Crippen LogP contribution in [0.2, 0.25) is 5.15 Å². The Bertz CT molecular complexity index is 630. The van der Waals surface area contributed by atoms with Gasteiger partial charge in [0.15, 0.2) is 0 Å². The molecule has 2 rings (SSSR count). The molecule has 0 unspecified atom stereocenters. The first-order chi connectivity index (χ1) is 9.88. The Morgan fingerprint density at radius 2 is 1.71 bits per heavy atom. The molecule has 6 heteroatoms. The van der Waals surface area contributed by atoms with Gasteiger partial charge in [0.1, 0.15) is 11.0 Å². The SMILES string of the molecule is Cc1c(Cl)nc(C(C)C)nc1-c1ccc(SC(F)F)cc1. The second kappa shape index (κ2) is 6.71. The molecular formula is C15H15ClF2N2S. The van der Waals surface area contributed by atoms with Gasteiger partial charge in [-0.1, -0.05) is 49.3 Å². The number of hydrogen-bond donors (Lipinski definition) is 0. The molecule has 0 amide bonds. The van der Waals surface area contributed by atoms with Gasteiger partial charge in [-0.3, -0.25) is 0 Å². The number of nitrogens with zero attached hydrogens (tertiary/aromatic N) is 2. The van der Waals surface area contributed by atoms with Crippen LogP contribution in [0.15, 0.2) is 29.2 Å². The standard InChI is InChI=1S/C15H15ClF2N2S/c1-8(2)14-19-12(9(3)13(16)20-14)10-4-6-11(7-5-10)21-15(17)18/h4-8,15H,1-3H3. The van der Waals surface area contributed by atoms with E-state index >= 15 is 0 Å². The molecule has 0 saturated heterocycles. The molecule has 1 heterocycles. The van der Waals surface area contributed by atoms with E-state index in [0.717, 1.165) is 16.8 Å². The summed E-state index contributed by atoms with van der Waals surface area (Å²) in [5, 5.41) is 0.426. The average Bonchev–Trinajstić information content (AvgIpc) is 2.42. The van der Waals surface area contributed by atoms with Gasteiger partial charge in [0.05, 0.1) is 5.69 Å². The smallest absolute Gasteiger partial charge is 0.232 e. The van der Waals surface area contributed by atoms with Crippen LogP contribution in [-0.4, -0.2) is 15.7 Å². The first kappa shape index (κ1) is 16.2. The van der Waals surface area contributed by atoms with Crippen molar-refractivity contribution in [2.75, 3.05) is 0 Å². The van der Waals surface area contributed by atoms with Crippen LogP contribution in [0.4, 0.5) is 8.78 Å². The lowest BCUT2D eigenvalue weighted by Crippen LogP contribution is -2.02. The van der Waals surface area contributed by atoms with Crippen molar-refractivity contribution in [2.24, 2.45) is 0 Å². The van der Waals surface area contributed by atoms with Gasteiger partial charge in [-0.05, 0) is 19.1 Å². The minimum absolute atomic E-state index is 0.163. The van der Waals surface area contributed by atoms with Crippen molar-refractivity contribution in [1.29, 1.82) is 0 Å². The van der Waals surface area contributed by atoms with Crippen LogP contribution in [0, 0.1) is 6.92 Å². The molecule has 112 valence electrons. The molecule has 0 saturated carbocycles. The van der Waals surface area contributed by atoms with Crippen molar-refractivity contribution in [2.45, 2.75) is 37.3 Å². The Balaban J connectivity index is 2.41. The van der Waals surface area contributed by atoms with Gasteiger partial charge in [0.25, 0.3) is 5.76 Å². The van der Waals surface area contributed by atoms with Crippen molar-refractivity contribution in [3.8, 4) is 11.3 Å². The third kappa shape index (κ3) is 3.92. The fraction of sp³-hybridized carbons (Fsp3) is 0.333. The Kier molecular flexibility index (Phi) is 5.17.